The molecule has 42 heavy (non-hydrogen) atoms. The number of aliphatic hydroxyl groups is 1. The Hall–Kier alpha value is -4.49. The summed E-state index contributed by atoms with van der Waals surface area (Å²) in [6.45, 7) is 7.22. The van der Waals surface area contributed by atoms with Crippen LogP contribution in [0.15, 0.2) is 54.6 Å². The summed E-state index contributed by atoms with van der Waals surface area (Å²) in [6, 6.07) is 5.21. The number of anilines is 3. The van der Waals surface area contributed by atoms with Gasteiger partial charge in [0.05, 0.1) is 35.9 Å². The van der Waals surface area contributed by atoms with E-state index in [0.29, 0.717) is 17.2 Å². The molecule has 0 aromatic carbocycles. The zero-order valence-corrected chi connectivity index (χ0v) is 24.5. The highest BCUT2D eigenvalue weighted by molar-refractivity contribution is 6.00. The molecule has 5 rings (SSSR count). The molecule has 1 saturated carbocycles. The van der Waals surface area contributed by atoms with E-state index in [1.54, 1.807) is 70.4 Å². The quantitative estimate of drug-likeness (QED) is 0.383. The number of methoxy groups -OCH3 is 1. The molecule has 13 heteroatoms. The number of ether oxygens (including phenoxy) is 2. The smallest absolute Gasteiger partial charge is 0.415 e. The van der Waals surface area contributed by atoms with Crippen LogP contribution in [0.25, 0.3) is 5.65 Å². The number of nitrogens with zero attached hydrogens (tertiary/aromatic N) is 6. The molecule has 3 N–H and O–H groups in total. The van der Waals surface area contributed by atoms with Crippen LogP contribution in [-0.4, -0.2) is 74.8 Å². The highest BCUT2D eigenvalue weighted by Gasteiger charge is 2.33. The fraction of sp³-hybridized carbons (Fsp3) is 0.414. The van der Waals surface area contributed by atoms with Crippen molar-refractivity contribution in [3.63, 3.8) is 0 Å². The fourth-order valence-corrected chi connectivity index (χ4v) is 4.65. The molecule has 3 atom stereocenters. The van der Waals surface area contributed by atoms with Gasteiger partial charge in [0.15, 0.2) is 11.9 Å². The molecule has 3 aromatic rings. The predicted octanol–water partition coefficient (Wildman–Crippen LogP) is 3.36. The standard InChI is InChI=1S/C29H36N8O5/c1-17-9-10-18(15-30-17)36-13-7-8-21(27(36)39)32-23-14-24(35(5)28(40)42-29(2,3)4)37-25(34-23)19(16-31-37)26(38)33-20-11-12-22(20)41-6/h7-10,13-16,20,22,27,39H,11-12H2,1-6H3,(H,32,34)(H,33,38)/t20?,22-,27?/m1/s1. The van der Waals surface area contributed by atoms with Crippen molar-refractivity contribution < 1.29 is 24.2 Å². The van der Waals surface area contributed by atoms with E-state index < -0.39 is 17.9 Å². The maximum atomic E-state index is 13.3. The molecule has 0 saturated heterocycles. The average molecular weight is 577 g/mol. The predicted molar refractivity (Wildman–Crippen MR) is 157 cm³/mol. The SMILES string of the molecule is CO[C@@H]1CCC1NC(=O)c1cnn2c(N(C)C(=O)OC(C)(C)C)cc(NC3=CC=CN(c4ccc(C)nc4)C3O)nc12. The fourth-order valence-electron chi connectivity index (χ4n) is 4.65. The molecule has 13 nitrogen and oxygen atoms in total. The van der Waals surface area contributed by atoms with Crippen LogP contribution in [0.1, 0.15) is 49.7 Å². The van der Waals surface area contributed by atoms with Gasteiger partial charge in [0.2, 0.25) is 0 Å². The molecule has 0 bridgehead atoms. The number of amides is 2. The van der Waals surface area contributed by atoms with Crippen LogP contribution in [-0.2, 0) is 9.47 Å². The van der Waals surface area contributed by atoms with Gasteiger partial charge in [-0.15, -0.1) is 0 Å². The third-order valence-electron chi connectivity index (χ3n) is 7.07. The second-order valence-corrected chi connectivity index (χ2v) is 11.3. The van der Waals surface area contributed by atoms with E-state index in [9.17, 15) is 14.7 Å². The van der Waals surface area contributed by atoms with E-state index in [4.69, 9.17) is 9.47 Å². The Morgan fingerprint density at radius 2 is 1.98 bits per heavy atom. The zero-order valence-electron chi connectivity index (χ0n) is 24.5. The largest absolute Gasteiger partial charge is 0.443 e. The summed E-state index contributed by atoms with van der Waals surface area (Å²) in [5.74, 6) is 0.226. The number of allylic oxidation sites excluding steroid dienone is 2. The molecule has 222 valence electrons. The summed E-state index contributed by atoms with van der Waals surface area (Å²) in [4.78, 5) is 38.3. The van der Waals surface area contributed by atoms with Gasteiger partial charge in [-0.2, -0.15) is 9.61 Å². The minimum atomic E-state index is -1.08. The summed E-state index contributed by atoms with van der Waals surface area (Å²) < 4.78 is 12.4. The van der Waals surface area contributed by atoms with E-state index in [-0.39, 0.29) is 35.1 Å². The molecular weight excluding hydrogens is 540 g/mol. The van der Waals surface area contributed by atoms with Gasteiger partial charge in [0, 0.05) is 32.1 Å². The number of hydrogen-bond acceptors (Lipinski definition) is 10. The molecule has 2 unspecified atom stereocenters. The van der Waals surface area contributed by atoms with Crippen molar-refractivity contribution in [2.75, 3.05) is 29.3 Å². The van der Waals surface area contributed by atoms with E-state index in [0.717, 1.165) is 18.5 Å². The van der Waals surface area contributed by atoms with Crippen LogP contribution in [0.2, 0.25) is 0 Å². The lowest BCUT2D eigenvalue weighted by molar-refractivity contribution is 0.00732. The van der Waals surface area contributed by atoms with Gasteiger partial charge in [-0.3, -0.25) is 14.7 Å². The van der Waals surface area contributed by atoms with Gasteiger partial charge in [-0.1, -0.05) is 0 Å². The molecule has 2 aliphatic rings. The van der Waals surface area contributed by atoms with Gasteiger partial charge in [0.25, 0.3) is 5.91 Å². The lowest BCUT2D eigenvalue weighted by atomic mass is 9.89. The van der Waals surface area contributed by atoms with Crippen LogP contribution in [0.4, 0.5) is 22.1 Å². The maximum absolute atomic E-state index is 13.3. The Morgan fingerprint density at radius 3 is 2.62 bits per heavy atom. The first-order valence-corrected chi connectivity index (χ1v) is 13.7. The average Bonchev–Trinajstić information content (AvgIpc) is 3.35. The highest BCUT2D eigenvalue weighted by atomic mass is 16.6. The molecule has 0 spiro atoms. The molecule has 2 amide bonds. The first-order valence-electron chi connectivity index (χ1n) is 13.7. The summed E-state index contributed by atoms with van der Waals surface area (Å²) in [7, 11) is 3.17. The molecule has 4 heterocycles. The molecule has 1 fully saturated rings. The number of carbonyl (C=O) groups excluding carboxylic acids is 2. The van der Waals surface area contributed by atoms with E-state index in [1.165, 1.54) is 15.6 Å². The summed E-state index contributed by atoms with van der Waals surface area (Å²) in [5.41, 5.74) is 1.70. The van der Waals surface area contributed by atoms with Crippen molar-refractivity contribution in [1.82, 2.24) is 24.9 Å². The summed E-state index contributed by atoms with van der Waals surface area (Å²) in [6.07, 6.45) is 8.27. The lowest BCUT2D eigenvalue weighted by Gasteiger charge is -2.35. The van der Waals surface area contributed by atoms with Crippen LogP contribution in [0.5, 0.6) is 0 Å². The molecule has 0 radical (unpaired) electrons. The number of aliphatic hydroxyl groups excluding tert-OH is 1. The minimum absolute atomic E-state index is 0.0469. The number of pyridine rings is 1. The van der Waals surface area contributed by atoms with Crippen LogP contribution in [0.3, 0.4) is 0 Å². The Bertz CT molecular complexity index is 1540. The zero-order chi connectivity index (χ0) is 30.2. The van der Waals surface area contributed by atoms with Crippen molar-refractivity contribution in [3.8, 4) is 0 Å². The van der Waals surface area contributed by atoms with Crippen molar-refractivity contribution in [2.45, 2.75) is 64.5 Å². The number of nitrogens with one attached hydrogen (secondary N) is 2. The monoisotopic (exact) mass is 576 g/mol. The van der Waals surface area contributed by atoms with Gasteiger partial charge in [-0.05, 0) is 64.8 Å². The van der Waals surface area contributed by atoms with Crippen molar-refractivity contribution in [2.24, 2.45) is 0 Å². The van der Waals surface area contributed by atoms with Gasteiger partial charge < -0.3 is 30.1 Å². The maximum Gasteiger partial charge on any atom is 0.415 e. The molecule has 1 aliphatic carbocycles. The number of hydrogen-bond donors (Lipinski definition) is 3. The molecule has 3 aromatic heterocycles. The number of fused-ring (bicyclic) bond motifs is 1. The van der Waals surface area contributed by atoms with Crippen LogP contribution >= 0.6 is 0 Å². The van der Waals surface area contributed by atoms with Gasteiger partial charge in [0.1, 0.15) is 22.8 Å². The van der Waals surface area contributed by atoms with E-state index in [1.807, 2.05) is 19.1 Å². The van der Waals surface area contributed by atoms with Gasteiger partial charge in [-0.25, -0.2) is 9.78 Å². The second kappa shape index (κ2) is 11.4. The number of carbonyl (C=O) groups is 2. The van der Waals surface area contributed by atoms with Gasteiger partial charge >= 0.3 is 6.09 Å². The molecule has 1 aliphatic heterocycles. The Labute approximate surface area is 243 Å². The third-order valence-corrected chi connectivity index (χ3v) is 7.07. The normalized spacial score (nSPS) is 20.1. The first-order chi connectivity index (χ1) is 19.9. The van der Waals surface area contributed by atoms with Crippen LogP contribution in [0, 0.1) is 6.92 Å². The number of rotatable bonds is 7. The topological polar surface area (TPSA) is 146 Å². The Balaban J connectivity index is 1.49. The Kier molecular flexibility index (Phi) is 7.89. The first kappa shape index (κ1) is 29.0. The summed E-state index contributed by atoms with van der Waals surface area (Å²) in [5, 5.41) is 21.8. The number of aromatic nitrogens is 4. The van der Waals surface area contributed by atoms with Crippen LogP contribution < -0.4 is 20.4 Å². The lowest BCUT2D eigenvalue weighted by Crippen LogP contribution is -2.51. The second-order valence-electron chi connectivity index (χ2n) is 11.3. The summed E-state index contributed by atoms with van der Waals surface area (Å²) >= 11 is 0. The van der Waals surface area contributed by atoms with E-state index >= 15 is 0 Å². The highest BCUT2D eigenvalue weighted by Crippen LogP contribution is 2.28. The van der Waals surface area contributed by atoms with Crippen molar-refractivity contribution >= 4 is 35.0 Å². The number of aryl methyl sites for hydroxylation is 1. The minimum Gasteiger partial charge on any atom is -0.443 e. The van der Waals surface area contributed by atoms with E-state index in [2.05, 4.69) is 25.7 Å². The molecular formula is C29H36N8O5. The van der Waals surface area contributed by atoms with Crippen molar-refractivity contribution in [3.05, 3.63) is 65.9 Å². The third kappa shape index (κ3) is 5.92. The Morgan fingerprint density at radius 1 is 1.19 bits per heavy atom. The van der Waals surface area contributed by atoms with Crippen molar-refractivity contribution in [1.29, 1.82) is 0 Å².